The first kappa shape index (κ1) is 32.3. The van der Waals surface area contributed by atoms with E-state index in [9.17, 15) is 0 Å². The zero-order chi connectivity index (χ0) is 36.6. The number of nitrogens with one attached hydrogen (secondary N) is 1. The highest BCUT2D eigenvalue weighted by Gasteiger charge is 2.38. The molecule has 10 rings (SSSR count). The van der Waals surface area contributed by atoms with E-state index < -0.39 is 0 Å². The average Bonchev–Trinajstić information content (AvgIpc) is 3.42. The second-order valence-electron chi connectivity index (χ2n) is 16.0. The van der Waals surface area contributed by atoms with Gasteiger partial charge in [-0.2, -0.15) is 0 Å². The minimum atomic E-state index is -0.172. The van der Waals surface area contributed by atoms with Crippen molar-refractivity contribution in [2.75, 3.05) is 10.2 Å². The van der Waals surface area contributed by atoms with Crippen molar-refractivity contribution in [2.45, 2.75) is 38.5 Å². The largest absolute Gasteiger partial charge is 0.362 e. The first-order chi connectivity index (χ1) is 26.3. The number of benzene rings is 8. The summed E-state index contributed by atoms with van der Waals surface area (Å²) < 4.78 is 0. The molecule has 0 radical (unpaired) electrons. The van der Waals surface area contributed by atoms with Gasteiger partial charge in [-0.25, -0.2) is 0 Å². The van der Waals surface area contributed by atoms with E-state index in [4.69, 9.17) is 0 Å². The van der Waals surface area contributed by atoms with Gasteiger partial charge in [0.2, 0.25) is 0 Å². The van der Waals surface area contributed by atoms with Gasteiger partial charge in [0, 0.05) is 28.4 Å². The minimum absolute atomic E-state index is 0.129. The Morgan fingerprint density at radius 1 is 0.444 bits per heavy atom. The Labute approximate surface area is 318 Å². The molecule has 1 heterocycles. The Balaban J connectivity index is 0.986. The van der Waals surface area contributed by atoms with Gasteiger partial charge in [0.25, 0.3) is 0 Å². The van der Waals surface area contributed by atoms with E-state index >= 15 is 0 Å². The smallest absolute Gasteiger partial charge is 0.0503 e. The van der Waals surface area contributed by atoms with Crippen molar-refractivity contribution in [2.24, 2.45) is 0 Å². The van der Waals surface area contributed by atoms with Crippen LogP contribution in [-0.4, -0.2) is 0 Å². The lowest BCUT2D eigenvalue weighted by atomic mass is 9.72. The highest BCUT2D eigenvalue weighted by molar-refractivity contribution is 5.93. The maximum Gasteiger partial charge on any atom is 0.0503 e. The van der Waals surface area contributed by atoms with E-state index in [0.29, 0.717) is 0 Å². The molecule has 54 heavy (non-hydrogen) atoms. The molecule has 2 nitrogen and oxygen atoms in total. The third-order valence-electron chi connectivity index (χ3n) is 12.0. The van der Waals surface area contributed by atoms with Gasteiger partial charge in [0.15, 0.2) is 0 Å². The van der Waals surface area contributed by atoms with Crippen LogP contribution in [0.5, 0.6) is 0 Å². The van der Waals surface area contributed by atoms with Crippen LogP contribution in [0.25, 0.3) is 49.9 Å². The normalized spacial score (nSPS) is 14.9. The molecule has 0 bridgehead atoms. The van der Waals surface area contributed by atoms with Crippen molar-refractivity contribution in [3.8, 4) is 22.3 Å². The summed E-state index contributed by atoms with van der Waals surface area (Å²) in [7, 11) is 0. The highest BCUT2D eigenvalue weighted by atomic mass is 15.2. The lowest BCUT2D eigenvalue weighted by molar-refractivity contribution is 0.632. The zero-order valence-electron chi connectivity index (χ0n) is 31.2. The van der Waals surface area contributed by atoms with E-state index in [2.05, 4.69) is 214 Å². The van der Waals surface area contributed by atoms with Gasteiger partial charge in [0.1, 0.15) is 0 Å². The molecule has 1 aliphatic heterocycles. The van der Waals surface area contributed by atoms with Crippen LogP contribution in [0.3, 0.4) is 0 Å². The molecule has 2 aliphatic rings. The van der Waals surface area contributed by atoms with Gasteiger partial charge in [-0.05, 0) is 126 Å². The van der Waals surface area contributed by atoms with Crippen molar-refractivity contribution in [1.82, 2.24) is 0 Å². The average molecular weight is 695 g/mol. The molecular weight excluding hydrogens is 653 g/mol. The molecule has 0 atom stereocenters. The fourth-order valence-corrected chi connectivity index (χ4v) is 9.03. The number of para-hydroxylation sites is 1. The second kappa shape index (κ2) is 12.1. The molecule has 0 aromatic heterocycles. The molecule has 8 aromatic carbocycles. The van der Waals surface area contributed by atoms with E-state index in [1.165, 1.54) is 88.7 Å². The number of nitrogens with zero attached hydrogens (tertiary/aromatic N) is 1. The maximum absolute atomic E-state index is 3.48. The van der Waals surface area contributed by atoms with Crippen LogP contribution in [0.2, 0.25) is 0 Å². The van der Waals surface area contributed by atoms with E-state index in [-0.39, 0.29) is 10.8 Å². The Morgan fingerprint density at radius 2 is 1.02 bits per heavy atom. The van der Waals surface area contributed by atoms with Crippen LogP contribution in [0.15, 0.2) is 170 Å². The summed E-state index contributed by atoms with van der Waals surface area (Å²) in [6.07, 6.45) is 4.23. The molecule has 1 N–H and O–H groups in total. The van der Waals surface area contributed by atoms with Gasteiger partial charge < -0.3 is 10.2 Å². The van der Waals surface area contributed by atoms with Crippen molar-refractivity contribution in [3.63, 3.8) is 0 Å². The van der Waals surface area contributed by atoms with Gasteiger partial charge in [-0.1, -0.05) is 143 Å². The van der Waals surface area contributed by atoms with Crippen LogP contribution in [0, 0.1) is 0 Å². The molecule has 0 amide bonds. The van der Waals surface area contributed by atoms with Crippen molar-refractivity contribution < 1.29 is 0 Å². The summed E-state index contributed by atoms with van der Waals surface area (Å²) in [6, 6.07) is 60.5. The van der Waals surface area contributed by atoms with Crippen molar-refractivity contribution in [3.05, 3.63) is 198 Å². The molecular formula is C52H42N2. The van der Waals surface area contributed by atoms with E-state index in [1.807, 2.05) is 0 Å². The van der Waals surface area contributed by atoms with Crippen LogP contribution < -0.4 is 10.2 Å². The third kappa shape index (κ3) is 5.09. The monoisotopic (exact) mass is 694 g/mol. The summed E-state index contributed by atoms with van der Waals surface area (Å²) >= 11 is 0. The van der Waals surface area contributed by atoms with Gasteiger partial charge in [-0.3, -0.25) is 0 Å². The summed E-state index contributed by atoms with van der Waals surface area (Å²) in [4.78, 5) is 2.46. The van der Waals surface area contributed by atoms with Gasteiger partial charge >= 0.3 is 0 Å². The van der Waals surface area contributed by atoms with Gasteiger partial charge in [-0.15, -0.1) is 0 Å². The van der Waals surface area contributed by atoms with Crippen molar-refractivity contribution in [1.29, 1.82) is 0 Å². The number of hydrogen-bond donors (Lipinski definition) is 1. The lowest BCUT2D eigenvalue weighted by Crippen LogP contribution is -2.30. The lowest BCUT2D eigenvalue weighted by Gasteiger charge is -2.42. The molecule has 8 aromatic rings. The Hall–Kier alpha value is -6.38. The fraction of sp³-hybridized carbons (Fsp3) is 0.115. The van der Waals surface area contributed by atoms with Crippen LogP contribution >= 0.6 is 0 Å². The van der Waals surface area contributed by atoms with Gasteiger partial charge in [0.05, 0.1) is 11.4 Å². The Bertz CT molecular complexity index is 2820. The van der Waals surface area contributed by atoms with Crippen LogP contribution in [-0.2, 0) is 10.8 Å². The van der Waals surface area contributed by atoms with E-state index in [1.54, 1.807) is 0 Å². The fourth-order valence-electron chi connectivity index (χ4n) is 9.03. The molecule has 2 heteroatoms. The molecule has 1 aliphatic carbocycles. The summed E-state index contributed by atoms with van der Waals surface area (Å²) in [5, 5.41) is 8.47. The number of fused-ring (bicyclic) bond motifs is 7. The number of anilines is 4. The second-order valence-corrected chi connectivity index (χ2v) is 16.0. The topological polar surface area (TPSA) is 15.3 Å². The Morgan fingerprint density at radius 3 is 1.80 bits per heavy atom. The predicted octanol–water partition coefficient (Wildman–Crippen LogP) is 14.2. The molecule has 0 spiro atoms. The standard InChI is InChI=1S/C52H42N2/c1-51(2)45-15-9-10-16-49(45)54(42-23-19-36-12-6-8-14-38(36)31-42)50-26-21-40(33-48(50)51)39-20-25-44-43-24-17-34(29-46(43)52(3,4)47(44)32-39)27-28-53-41-22-18-35-11-5-7-13-37(35)30-41/h5-33,53H,1-4H3/b28-27+. The number of hydrogen-bond acceptors (Lipinski definition) is 2. The summed E-state index contributed by atoms with van der Waals surface area (Å²) in [6.45, 7) is 9.49. The predicted molar refractivity (Wildman–Crippen MR) is 230 cm³/mol. The first-order valence-corrected chi connectivity index (χ1v) is 19.0. The first-order valence-electron chi connectivity index (χ1n) is 19.0. The van der Waals surface area contributed by atoms with Crippen LogP contribution in [0.1, 0.15) is 55.5 Å². The molecule has 0 fully saturated rings. The SMILES string of the molecule is CC1(C)c2cc(/C=C/Nc3ccc4ccccc4c3)ccc2-c2ccc(-c3ccc4c(c3)C(C)(C)c3ccccc3N4c3ccc4ccccc4c3)cc21. The zero-order valence-corrected chi connectivity index (χ0v) is 31.2. The minimum Gasteiger partial charge on any atom is -0.362 e. The number of rotatable bonds is 5. The maximum atomic E-state index is 3.48. The summed E-state index contributed by atoms with van der Waals surface area (Å²) in [5.41, 5.74) is 16.2. The third-order valence-corrected chi connectivity index (χ3v) is 12.0. The summed E-state index contributed by atoms with van der Waals surface area (Å²) in [5.74, 6) is 0. The van der Waals surface area contributed by atoms with E-state index in [0.717, 1.165) is 5.69 Å². The van der Waals surface area contributed by atoms with Crippen LogP contribution in [0.4, 0.5) is 22.7 Å². The molecule has 0 unspecified atom stereocenters. The molecule has 0 saturated heterocycles. The highest BCUT2D eigenvalue weighted by Crippen LogP contribution is 2.54. The Kier molecular flexibility index (Phi) is 7.22. The quantitative estimate of drug-likeness (QED) is 0.193. The van der Waals surface area contributed by atoms with Crippen molar-refractivity contribution >= 4 is 50.4 Å². The molecule has 0 saturated carbocycles. The molecule has 260 valence electrons.